The van der Waals surface area contributed by atoms with E-state index in [1.807, 2.05) is 0 Å². The van der Waals surface area contributed by atoms with Crippen LogP contribution in [-0.2, 0) is 21.2 Å². The number of sulfone groups is 1. The molecule has 0 aromatic carbocycles. The molecule has 1 fully saturated rings. The Morgan fingerprint density at radius 1 is 1.45 bits per heavy atom. The van der Waals surface area contributed by atoms with Gasteiger partial charge in [-0.05, 0) is 12.1 Å². The standard InChI is InChI=1S/C13H21N3O5S/c1-15(2)16(11-8-22(19,20)9-12(11)17)7-13(18)14-6-10-4-3-5-21-10/h3-5,11-12,17H,6-9H2,1-2H3,(H,14,18). The highest BCUT2D eigenvalue weighted by Gasteiger charge is 2.41. The molecule has 22 heavy (non-hydrogen) atoms. The Morgan fingerprint density at radius 3 is 2.68 bits per heavy atom. The highest BCUT2D eigenvalue weighted by atomic mass is 32.2. The van der Waals surface area contributed by atoms with Crippen molar-refractivity contribution in [3.8, 4) is 0 Å². The number of hydrogen-bond donors (Lipinski definition) is 2. The monoisotopic (exact) mass is 331 g/mol. The Hall–Kier alpha value is -1.42. The van der Waals surface area contributed by atoms with Gasteiger partial charge < -0.3 is 14.8 Å². The molecule has 1 aliphatic rings. The molecule has 2 unspecified atom stereocenters. The van der Waals surface area contributed by atoms with Gasteiger partial charge in [0.2, 0.25) is 5.91 Å². The van der Waals surface area contributed by atoms with Crippen LogP contribution in [0.3, 0.4) is 0 Å². The first kappa shape index (κ1) is 16.9. The van der Waals surface area contributed by atoms with Crippen LogP contribution in [0.25, 0.3) is 0 Å². The van der Waals surface area contributed by atoms with Gasteiger partial charge in [0, 0.05) is 14.1 Å². The van der Waals surface area contributed by atoms with Gasteiger partial charge in [0.1, 0.15) is 5.76 Å². The number of aliphatic hydroxyl groups is 1. The second-order valence-electron chi connectivity index (χ2n) is 5.51. The summed E-state index contributed by atoms with van der Waals surface area (Å²) in [6.07, 6.45) is 0.526. The van der Waals surface area contributed by atoms with Crippen molar-refractivity contribution in [1.82, 2.24) is 15.3 Å². The fourth-order valence-electron chi connectivity index (χ4n) is 2.45. The number of nitrogens with one attached hydrogen (secondary N) is 1. The van der Waals surface area contributed by atoms with E-state index in [1.165, 1.54) is 6.26 Å². The Kier molecular flexibility index (Phi) is 5.22. The van der Waals surface area contributed by atoms with E-state index in [2.05, 4.69) is 5.32 Å². The molecule has 0 bridgehead atoms. The Bertz CT molecular complexity index is 599. The summed E-state index contributed by atoms with van der Waals surface area (Å²) in [5, 5.41) is 15.8. The lowest BCUT2D eigenvalue weighted by atomic mass is 10.2. The normalized spacial score (nSPS) is 24.0. The molecule has 1 amide bonds. The molecule has 2 heterocycles. The lowest BCUT2D eigenvalue weighted by molar-refractivity contribution is -0.130. The molecule has 2 rings (SSSR count). The van der Waals surface area contributed by atoms with Crippen LogP contribution in [0, 0.1) is 0 Å². The van der Waals surface area contributed by atoms with Gasteiger partial charge in [0.25, 0.3) is 0 Å². The van der Waals surface area contributed by atoms with E-state index < -0.39 is 22.0 Å². The Balaban J connectivity index is 1.95. The zero-order chi connectivity index (χ0) is 16.3. The summed E-state index contributed by atoms with van der Waals surface area (Å²) in [5.41, 5.74) is 0. The summed E-state index contributed by atoms with van der Waals surface area (Å²) in [5.74, 6) is -0.0665. The van der Waals surface area contributed by atoms with Crippen molar-refractivity contribution in [3.05, 3.63) is 24.2 Å². The summed E-state index contributed by atoms with van der Waals surface area (Å²) in [6.45, 7) is 0.226. The van der Waals surface area contributed by atoms with E-state index in [0.717, 1.165) is 0 Å². The van der Waals surface area contributed by atoms with Crippen molar-refractivity contribution in [2.75, 3.05) is 32.1 Å². The first-order valence-corrected chi connectivity index (χ1v) is 8.72. The van der Waals surface area contributed by atoms with Gasteiger partial charge in [-0.1, -0.05) is 0 Å². The molecule has 1 aromatic heterocycles. The molecule has 0 radical (unpaired) electrons. The maximum atomic E-state index is 12.0. The average Bonchev–Trinajstić information content (AvgIpc) is 3.00. The van der Waals surface area contributed by atoms with Gasteiger partial charge >= 0.3 is 0 Å². The third-order valence-corrected chi connectivity index (χ3v) is 5.23. The SMILES string of the molecule is CN(C)N(CC(=O)NCc1ccco1)C1CS(=O)(=O)CC1O. The highest BCUT2D eigenvalue weighted by molar-refractivity contribution is 7.91. The number of amides is 1. The number of aliphatic hydroxyl groups excluding tert-OH is 1. The topological polar surface area (TPSA) is 103 Å². The lowest BCUT2D eigenvalue weighted by Crippen LogP contribution is -2.53. The summed E-state index contributed by atoms with van der Waals surface area (Å²) in [6, 6.07) is 2.86. The first-order valence-electron chi connectivity index (χ1n) is 6.90. The molecular formula is C13H21N3O5S. The van der Waals surface area contributed by atoms with Crippen LogP contribution in [0.15, 0.2) is 22.8 Å². The number of hydrazine groups is 1. The molecule has 8 nitrogen and oxygen atoms in total. The molecule has 0 aliphatic carbocycles. The van der Waals surface area contributed by atoms with Crippen LogP contribution in [-0.4, -0.2) is 73.7 Å². The molecule has 1 saturated heterocycles. The van der Waals surface area contributed by atoms with E-state index in [1.54, 1.807) is 36.2 Å². The average molecular weight is 331 g/mol. The summed E-state index contributed by atoms with van der Waals surface area (Å²) >= 11 is 0. The molecular weight excluding hydrogens is 310 g/mol. The summed E-state index contributed by atoms with van der Waals surface area (Å²) in [7, 11) is 0.140. The fraction of sp³-hybridized carbons (Fsp3) is 0.615. The van der Waals surface area contributed by atoms with Crippen LogP contribution < -0.4 is 5.32 Å². The van der Waals surface area contributed by atoms with Crippen molar-refractivity contribution < 1.29 is 22.7 Å². The predicted octanol–water partition coefficient (Wildman–Crippen LogP) is -1.17. The van der Waals surface area contributed by atoms with E-state index in [0.29, 0.717) is 5.76 Å². The number of rotatable bonds is 6. The number of carbonyl (C=O) groups excluding carboxylic acids is 1. The zero-order valence-electron chi connectivity index (χ0n) is 12.6. The van der Waals surface area contributed by atoms with E-state index in [4.69, 9.17) is 4.42 Å². The third-order valence-electron chi connectivity index (χ3n) is 3.54. The molecule has 2 atom stereocenters. The van der Waals surface area contributed by atoms with Gasteiger partial charge in [0.15, 0.2) is 9.84 Å². The maximum Gasteiger partial charge on any atom is 0.236 e. The van der Waals surface area contributed by atoms with Gasteiger partial charge in [0.05, 0.1) is 43.0 Å². The minimum atomic E-state index is -3.27. The van der Waals surface area contributed by atoms with Crippen molar-refractivity contribution in [3.63, 3.8) is 0 Å². The van der Waals surface area contributed by atoms with Gasteiger partial charge in [-0.15, -0.1) is 0 Å². The first-order chi connectivity index (χ1) is 10.3. The highest BCUT2D eigenvalue weighted by Crippen LogP contribution is 2.19. The van der Waals surface area contributed by atoms with Crippen molar-refractivity contribution in [1.29, 1.82) is 0 Å². The fourth-order valence-corrected chi connectivity index (χ4v) is 4.25. The van der Waals surface area contributed by atoms with Crippen LogP contribution in [0.1, 0.15) is 5.76 Å². The lowest BCUT2D eigenvalue weighted by Gasteiger charge is -2.34. The molecule has 0 spiro atoms. The third kappa shape index (κ3) is 4.29. The van der Waals surface area contributed by atoms with Crippen molar-refractivity contribution >= 4 is 15.7 Å². The number of nitrogens with zero attached hydrogens (tertiary/aromatic N) is 2. The summed E-state index contributed by atoms with van der Waals surface area (Å²) < 4.78 is 28.4. The molecule has 1 aromatic rings. The van der Waals surface area contributed by atoms with Crippen LogP contribution in [0.2, 0.25) is 0 Å². The number of furan rings is 1. The van der Waals surface area contributed by atoms with Crippen LogP contribution >= 0.6 is 0 Å². The number of hydrogen-bond acceptors (Lipinski definition) is 7. The molecule has 124 valence electrons. The summed E-state index contributed by atoms with van der Waals surface area (Å²) in [4.78, 5) is 12.0. The van der Waals surface area contributed by atoms with E-state index in [9.17, 15) is 18.3 Å². The zero-order valence-corrected chi connectivity index (χ0v) is 13.4. The van der Waals surface area contributed by atoms with Crippen molar-refractivity contribution in [2.45, 2.75) is 18.7 Å². The Labute approximate surface area is 129 Å². The Morgan fingerprint density at radius 2 is 2.18 bits per heavy atom. The minimum Gasteiger partial charge on any atom is -0.467 e. The largest absolute Gasteiger partial charge is 0.467 e. The molecule has 9 heteroatoms. The van der Waals surface area contributed by atoms with Crippen molar-refractivity contribution in [2.24, 2.45) is 0 Å². The van der Waals surface area contributed by atoms with Crippen LogP contribution in [0.4, 0.5) is 0 Å². The van der Waals surface area contributed by atoms with Gasteiger partial charge in [-0.3, -0.25) is 4.79 Å². The molecule has 1 aliphatic heterocycles. The number of carbonyl (C=O) groups is 1. The van der Waals surface area contributed by atoms with Gasteiger partial charge in [-0.2, -0.15) is 0 Å². The van der Waals surface area contributed by atoms with Gasteiger partial charge in [-0.25, -0.2) is 18.4 Å². The van der Waals surface area contributed by atoms with E-state index >= 15 is 0 Å². The second kappa shape index (κ2) is 6.78. The van der Waals surface area contributed by atoms with Crippen LogP contribution in [0.5, 0.6) is 0 Å². The smallest absolute Gasteiger partial charge is 0.236 e. The molecule has 0 saturated carbocycles. The quantitative estimate of drug-likeness (QED) is 0.633. The molecule has 2 N–H and O–H groups in total. The second-order valence-corrected chi connectivity index (χ2v) is 7.67. The predicted molar refractivity (Wildman–Crippen MR) is 79.4 cm³/mol. The minimum absolute atomic E-state index is 0.0368. The van der Waals surface area contributed by atoms with E-state index in [-0.39, 0.29) is 30.5 Å². The maximum absolute atomic E-state index is 12.0.